The molecule has 0 heterocycles. The maximum absolute atomic E-state index is 11.1. The summed E-state index contributed by atoms with van der Waals surface area (Å²) >= 11 is 3.31. The number of carboxylic acid groups (broad SMARTS) is 1. The molecule has 0 atom stereocenters. The van der Waals surface area contributed by atoms with Crippen molar-refractivity contribution in [2.24, 2.45) is 0 Å². The van der Waals surface area contributed by atoms with E-state index in [9.17, 15) is 4.79 Å². The minimum atomic E-state index is -0.978. The Balaban J connectivity index is 2.69. The summed E-state index contributed by atoms with van der Waals surface area (Å²) in [7, 11) is 0. The highest BCUT2D eigenvalue weighted by Gasteiger charge is 2.14. The molecule has 0 aliphatic rings. The molecule has 1 rings (SSSR count). The van der Waals surface area contributed by atoms with E-state index in [4.69, 9.17) is 9.84 Å². The van der Waals surface area contributed by atoms with E-state index in [0.717, 1.165) is 19.6 Å². The lowest BCUT2D eigenvalue weighted by molar-refractivity contribution is 0.0691. The number of hydrogen-bond acceptors (Lipinski definition) is 3. The summed E-state index contributed by atoms with van der Waals surface area (Å²) < 4.78 is 6.26. The molecule has 1 aromatic rings. The molecule has 0 amide bonds. The van der Waals surface area contributed by atoms with Gasteiger partial charge in [-0.25, -0.2) is 4.79 Å². The predicted octanol–water partition coefficient (Wildman–Crippen LogP) is 2.87. The molecule has 0 aliphatic carbocycles. The Hall–Kier alpha value is -1.07. The average molecular weight is 316 g/mol. The van der Waals surface area contributed by atoms with Crippen molar-refractivity contribution in [1.29, 1.82) is 0 Å². The van der Waals surface area contributed by atoms with Crippen LogP contribution in [0.5, 0.6) is 5.75 Å². The summed E-state index contributed by atoms with van der Waals surface area (Å²) in [4.78, 5) is 13.3. The Morgan fingerprint density at radius 2 is 2.06 bits per heavy atom. The van der Waals surface area contributed by atoms with Crippen LogP contribution in [0.15, 0.2) is 22.7 Å². The minimum absolute atomic E-state index is 0.184. The van der Waals surface area contributed by atoms with E-state index in [1.54, 1.807) is 18.2 Å². The van der Waals surface area contributed by atoms with Gasteiger partial charge < -0.3 is 14.7 Å². The van der Waals surface area contributed by atoms with Crippen LogP contribution in [-0.4, -0.2) is 42.2 Å². The van der Waals surface area contributed by atoms with Crippen LogP contribution >= 0.6 is 15.9 Å². The Morgan fingerprint density at radius 1 is 1.39 bits per heavy atom. The number of nitrogens with zero attached hydrogens (tertiary/aromatic N) is 1. The van der Waals surface area contributed by atoms with Crippen molar-refractivity contribution in [3.8, 4) is 5.75 Å². The monoisotopic (exact) mass is 315 g/mol. The summed E-state index contributed by atoms with van der Waals surface area (Å²) in [6, 6.07) is 5.00. The molecule has 0 fully saturated rings. The molecule has 1 N–H and O–H groups in total. The summed E-state index contributed by atoms with van der Waals surface area (Å²) in [6.07, 6.45) is 0. The van der Waals surface area contributed by atoms with Crippen LogP contribution in [-0.2, 0) is 0 Å². The number of halogens is 1. The van der Waals surface area contributed by atoms with Crippen molar-refractivity contribution < 1.29 is 14.6 Å². The average Bonchev–Trinajstić information content (AvgIpc) is 2.36. The van der Waals surface area contributed by atoms with E-state index in [2.05, 4.69) is 34.7 Å². The van der Waals surface area contributed by atoms with Gasteiger partial charge >= 0.3 is 5.97 Å². The number of para-hydroxylation sites is 1. The van der Waals surface area contributed by atoms with E-state index in [0.29, 0.717) is 16.8 Å². The molecule has 1 aromatic carbocycles. The van der Waals surface area contributed by atoms with Crippen molar-refractivity contribution >= 4 is 21.9 Å². The van der Waals surface area contributed by atoms with E-state index >= 15 is 0 Å². The molecule has 0 spiro atoms. The fourth-order valence-electron chi connectivity index (χ4n) is 1.64. The molecular formula is C13H18BrNO3. The van der Waals surface area contributed by atoms with Gasteiger partial charge in [0.25, 0.3) is 0 Å². The highest BCUT2D eigenvalue weighted by molar-refractivity contribution is 9.10. The number of aromatic carboxylic acids is 1. The summed E-state index contributed by atoms with van der Waals surface area (Å²) in [5.41, 5.74) is 0.184. The molecule has 0 aromatic heterocycles. The van der Waals surface area contributed by atoms with Gasteiger partial charge in [-0.15, -0.1) is 0 Å². The van der Waals surface area contributed by atoms with Crippen LogP contribution in [0.2, 0.25) is 0 Å². The van der Waals surface area contributed by atoms with Crippen molar-refractivity contribution in [1.82, 2.24) is 4.90 Å². The van der Waals surface area contributed by atoms with E-state index in [1.165, 1.54) is 0 Å². The largest absolute Gasteiger partial charge is 0.490 e. The minimum Gasteiger partial charge on any atom is -0.490 e. The first kappa shape index (κ1) is 15.0. The van der Waals surface area contributed by atoms with Gasteiger partial charge in [0.05, 0.1) is 4.47 Å². The number of rotatable bonds is 7. The van der Waals surface area contributed by atoms with Gasteiger partial charge in [0.2, 0.25) is 0 Å². The quantitative estimate of drug-likeness (QED) is 0.840. The lowest BCUT2D eigenvalue weighted by atomic mass is 10.2. The number of carboxylic acids is 1. The van der Waals surface area contributed by atoms with E-state index in [-0.39, 0.29) is 5.56 Å². The Kier molecular flexibility index (Phi) is 6.15. The van der Waals surface area contributed by atoms with Crippen LogP contribution < -0.4 is 4.74 Å². The van der Waals surface area contributed by atoms with Crippen molar-refractivity contribution in [2.45, 2.75) is 13.8 Å². The SMILES string of the molecule is CCN(CC)CCOc1c(Br)cccc1C(=O)O. The van der Waals surface area contributed by atoms with Gasteiger partial charge in [-0.1, -0.05) is 19.9 Å². The van der Waals surface area contributed by atoms with Crippen LogP contribution in [0, 0.1) is 0 Å². The number of ether oxygens (including phenoxy) is 1. The summed E-state index contributed by atoms with van der Waals surface area (Å²) in [5, 5.41) is 9.08. The Morgan fingerprint density at radius 3 is 2.61 bits per heavy atom. The van der Waals surface area contributed by atoms with E-state index < -0.39 is 5.97 Å². The van der Waals surface area contributed by atoms with Gasteiger partial charge in [0.1, 0.15) is 17.9 Å². The first-order valence-electron chi connectivity index (χ1n) is 5.97. The van der Waals surface area contributed by atoms with Gasteiger partial charge in [0.15, 0.2) is 0 Å². The van der Waals surface area contributed by atoms with Crippen LogP contribution in [0.3, 0.4) is 0 Å². The first-order chi connectivity index (χ1) is 8.60. The lowest BCUT2D eigenvalue weighted by Crippen LogP contribution is -2.28. The number of benzene rings is 1. The topological polar surface area (TPSA) is 49.8 Å². The molecule has 0 radical (unpaired) electrons. The van der Waals surface area contributed by atoms with Gasteiger partial charge in [0, 0.05) is 6.54 Å². The highest BCUT2D eigenvalue weighted by Crippen LogP contribution is 2.29. The van der Waals surface area contributed by atoms with Crippen molar-refractivity contribution in [3.63, 3.8) is 0 Å². The molecule has 0 saturated heterocycles. The lowest BCUT2D eigenvalue weighted by Gasteiger charge is -2.18. The second kappa shape index (κ2) is 7.38. The van der Waals surface area contributed by atoms with Crippen molar-refractivity contribution in [2.75, 3.05) is 26.2 Å². The molecule has 0 bridgehead atoms. The smallest absolute Gasteiger partial charge is 0.339 e. The molecule has 0 aliphatic heterocycles. The molecule has 100 valence electrons. The summed E-state index contributed by atoms with van der Waals surface area (Å²) in [5.74, 6) is -0.578. The highest BCUT2D eigenvalue weighted by atomic mass is 79.9. The number of likely N-dealkylation sites (N-methyl/N-ethyl adjacent to an activating group) is 1. The standard InChI is InChI=1S/C13H18BrNO3/c1-3-15(4-2)8-9-18-12-10(13(16)17)6-5-7-11(12)14/h5-7H,3-4,8-9H2,1-2H3,(H,16,17). The van der Waals surface area contributed by atoms with Gasteiger partial charge in [-0.3, -0.25) is 0 Å². The maximum atomic E-state index is 11.1. The first-order valence-corrected chi connectivity index (χ1v) is 6.76. The van der Waals surface area contributed by atoms with Crippen LogP contribution in [0.25, 0.3) is 0 Å². The second-order valence-electron chi connectivity index (χ2n) is 3.80. The number of carbonyl (C=O) groups is 1. The zero-order chi connectivity index (χ0) is 13.5. The normalized spacial score (nSPS) is 10.7. The fraction of sp³-hybridized carbons (Fsp3) is 0.462. The molecule has 0 saturated carbocycles. The third kappa shape index (κ3) is 3.99. The molecule has 5 heteroatoms. The molecule has 0 unspecified atom stereocenters. The predicted molar refractivity (Wildman–Crippen MR) is 74.4 cm³/mol. The fourth-order valence-corrected chi connectivity index (χ4v) is 2.12. The second-order valence-corrected chi connectivity index (χ2v) is 4.65. The maximum Gasteiger partial charge on any atom is 0.339 e. The summed E-state index contributed by atoms with van der Waals surface area (Å²) in [6.45, 7) is 7.36. The third-order valence-electron chi connectivity index (χ3n) is 2.75. The van der Waals surface area contributed by atoms with Crippen LogP contribution in [0.4, 0.5) is 0 Å². The zero-order valence-corrected chi connectivity index (χ0v) is 12.2. The zero-order valence-electron chi connectivity index (χ0n) is 10.6. The number of hydrogen-bond donors (Lipinski definition) is 1. The Labute approximate surface area is 116 Å². The molecule has 18 heavy (non-hydrogen) atoms. The Bertz CT molecular complexity index is 405. The van der Waals surface area contributed by atoms with E-state index in [1.807, 2.05) is 0 Å². The third-order valence-corrected chi connectivity index (χ3v) is 3.37. The van der Waals surface area contributed by atoms with Crippen molar-refractivity contribution in [3.05, 3.63) is 28.2 Å². The van der Waals surface area contributed by atoms with Crippen LogP contribution in [0.1, 0.15) is 24.2 Å². The van der Waals surface area contributed by atoms with Gasteiger partial charge in [-0.05, 0) is 41.2 Å². The molecule has 4 nitrogen and oxygen atoms in total. The van der Waals surface area contributed by atoms with Gasteiger partial charge in [-0.2, -0.15) is 0 Å². The molecular weight excluding hydrogens is 298 g/mol.